The molecule has 0 spiro atoms. The molecule has 5 nitrogen and oxygen atoms in total. The summed E-state index contributed by atoms with van der Waals surface area (Å²) < 4.78 is 10.6. The number of rotatable bonds is 4. The van der Waals surface area contributed by atoms with Gasteiger partial charge in [0.2, 0.25) is 0 Å². The highest BCUT2D eigenvalue weighted by Gasteiger charge is 2.16. The number of fused-ring (bicyclic) bond motifs is 1. The first-order valence-electron chi connectivity index (χ1n) is 6.68. The summed E-state index contributed by atoms with van der Waals surface area (Å²) in [5.41, 5.74) is 0.391. The van der Waals surface area contributed by atoms with Crippen LogP contribution in [0.25, 0.3) is 10.9 Å². The Bertz CT molecular complexity index is 722. The van der Waals surface area contributed by atoms with Gasteiger partial charge in [-0.3, -0.25) is 4.79 Å². The topological polar surface area (TPSA) is 65.5 Å². The third kappa shape index (κ3) is 4.18. The smallest absolute Gasteiger partial charge is 0.344 e. The molecule has 0 aliphatic carbocycles. The lowest BCUT2D eigenvalue weighted by Crippen LogP contribution is -2.27. The van der Waals surface area contributed by atoms with E-state index in [1.807, 2.05) is 0 Å². The molecule has 0 bridgehead atoms. The molecular formula is C16H16ClNO4. The van der Waals surface area contributed by atoms with Crippen LogP contribution in [0, 0.1) is 0 Å². The Morgan fingerprint density at radius 2 is 2.05 bits per heavy atom. The molecule has 6 heteroatoms. The number of benzene rings is 1. The van der Waals surface area contributed by atoms with Crippen LogP contribution in [0.4, 0.5) is 0 Å². The number of pyridine rings is 1. The number of nitrogens with zero attached hydrogens (tertiary/aromatic N) is 1. The summed E-state index contributed by atoms with van der Waals surface area (Å²) in [4.78, 5) is 26.6. The van der Waals surface area contributed by atoms with Gasteiger partial charge in [-0.25, -0.2) is 9.78 Å². The normalized spacial score (nSPS) is 11.3. The molecule has 0 atom stereocenters. The van der Waals surface area contributed by atoms with Gasteiger partial charge in [0.15, 0.2) is 12.9 Å². The van der Waals surface area contributed by atoms with Crippen LogP contribution in [0.15, 0.2) is 24.3 Å². The monoisotopic (exact) mass is 321 g/mol. The summed E-state index contributed by atoms with van der Waals surface area (Å²) in [5, 5.41) is 0.859. The number of hydrogen-bond donors (Lipinski definition) is 0. The van der Waals surface area contributed by atoms with Crippen LogP contribution in [0.3, 0.4) is 0 Å². The Morgan fingerprint density at radius 1 is 1.32 bits per heavy atom. The van der Waals surface area contributed by atoms with Gasteiger partial charge < -0.3 is 9.47 Å². The van der Waals surface area contributed by atoms with Gasteiger partial charge in [-0.2, -0.15) is 0 Å². The van der Waals surface area contributed by atoms with Crippen LogP contribution in [-0.2, 0) is 9.53 Å². The Balaban J connectivity index is 2.14. The Hall–Kier alpha value is -2.14. The van der Waals surface area contributed by atoms with Crippen LogP contribution in [0.1, 0.15) is 31.1 Å². The van der Waals surface area contributed by atoms with E-state index in [1.54, 1.807) is 45.0 Å². The van der Waals surface area contributed by atoms with Gasteiger partial charge in [0.1, 0.15) is 16.5 Å². The first-order valence-corrected chi connectivity index (χ1v) is 7.06. The molecule has 2 aromatic rings. The van der Waals surface area contributed by atoms with Crippen molar-refractivity contribution in [3.8, 4) is 5.75 Å². The second-order valence-corrected chi connectivity index (χ2v) is 6.07. The van der Waals surface area contributed by atoms with Crippen LogP contribution in [0.5, 0.6) is 5.75 Å². The number of esters is 1. The minimum Gasteiger partial charge on any atom is -0.482 e. The van der Waals surface area contributed by atoms with Crippen molar-refractivity contribution in [2.45, 2.75) is 26.4 Å². The maximum atomic E-state index is 11.6. The summed E-state index contributed by atoms with van der Waals surface area (Å²) in [6, 6.07) is 6.70. The van der Waals surface area contributed by atoms with E-state index in [9.17, 15) is 9.59 Å². The van der Waals surface area contributed by atoms with Crippen molar-refractivity contribution in [3.05, 3.63) is 35.0 Å². The molecule has 0 amide bonds. The van der Waals surface area contributed by atoms with Gasteiger partial charge >= 0.3 is 5.97 Å². The Morgan fingerprint density at radius 3 is 2.68 bits per heavy atom. The summed E-state index contributed by atoms with van der Waals surface area (Å²) in [7, 11) is 0. The maximum absolute atomic E-state index is 11.6. The Kier molecular flexibility index (Phi) is 4.66. The third-order valence-electron chi connectivity index (χ3n) is 2.67. The first-order chi connectivity index (χ1) is 10.3. The van der Waals surface area contributed by atoms with Crippen LogP contribution in [0.2, 0.25) is 5.15 Å². The van der Waals surface area contributed by atoms with Gasteiger partial charge in [-0.1, -0.05) is 11.6 Å². The quantitative estimate of drug-likeness (QED) is 0.490. The summed E-state index contributed by atoms with van der Waals surface area (Å²) in [5.74, 6) is 0.0368. The fourth-order valence-corrected chi connectivity index (χ4v) is 2.02. The number of carbonyl (C=O) groups is 2. The zero-order valence-electron chi connectivity index (χ0n) is 12.6. The molecule has 0 aliphatic heterocycles. The Labute approximate surface area is 133 Å². The number of halogens is 1. The van der Waals surface area contributed by atoms with Crippen LogP contribution < -0.4 is 4.74 Å². The van der Waals surface area contributed by atoms with Crippen LogP contribution in [-0.4, -0.2) is 29.4 Å². The molecule has 0 unspecified atom stereocenters. The molecule has 1 aromatic carbocycles. The number of ether oxygens (including phenoxy) is 2. The molecule has 22 heavy (non-hydrogen) atoms. The van der Waals surface area contributed by atoms with Crippen molar-refractivity contribution in [1.29, 1.82) is 0 Å². The van der Waals surface area contributed by atoms with Crippen molar-refractivity contribution < 1.29 is 19.1 Å². The lowest BCUT2D eigenvalue weighted by molar-refractivity contribution is -0.157. The molecule has 0 radical (unpaired) electrons. The van der Waals surface area contributed by atoms with E-state index in [0.29, 0.717) is 28.5 Å². The number of hydrogen-bond acceptors (Lipinski definition) is 5. The average Bonchev–Trinajstić information content (AvgIpc) is 2.42. The molecule has 1 heterocycles. The zero-order valence-corrected chi connectivity index (χ0v) is 13.3. The first kappa shape index (κ1) is 16.2. The van der Waals surface area contributed by atoms with E-state index in [-0.39, 0.29) is 11.8 Å². The number of aromatic nitrogens is 1. The van der Waals surface area contributed by atoms with E-state index < -0.39 is 11.6 Å². The second kappa shape index (κ2) is 6.32. The maximum Gasteiger partial charge on any atom is 0.344 e. The highest BCUT2D eigenvalue weighted by Crippen LogP contribution is 2.23. The fourth-order valence-electron chi connectivity index (χ4n) is 1.83. The van der Waals surface area contributed by atoms with Crippen molar-refractivity contribution in [2.24, 2.45) is 0 Å². The summed E-state index contributed by atoms with van der Waals surface area (Å²) in [6.07, 6.45) is 0.642. The molecule has 1 aromatic heterocycles. The summed E-state index contributed by atoms with van der Waals surface area (Å²) in [6.45, 7) is 5.18. The van der Waals surface area contributed by atoms with Crippen molar-refractivity contribution in [1.82, 2.24) is 4.98 Å². The number of aldehydes is 1. The van der Waals surface area contributed by atoms with E-state index in [2.05, 4.69) is 4.98 Å². The second-order valence-electron chi connectivity index (χ2n) is 5.72. The standard InChI is InChI=1S/C16H16ClNO4/c1-16(2,3)22-14(20)9-21-12-4-5-13-10(7-12)6-11(8-19)15(17)18-13/h4-8H,9H2,1-3H3. The lowest BCUT2D eigenvalue weighted by atomic mass is 10.1. The van der Waals surface area contributed by atoms with Crippen molar-refractivity contribution >= 4 is 34.8 Å². The highest BCUT2D eigenvalue weighted by molar-refractivity contribution is 6.32. The summed E-state index contributed by atoms with van der Waals surface area (Å²) >= 11 is 5.87. The molecule has 116 valence electrons. The van der Waals surface area contributed by atoms with Crippen molar-refractivity contribution in [3.63, 3.8) is 0 Å². The predicted octanol–water partition coefficient (Wildman–Crippen LogP) is 3.42. The van der Waals surface area contributed by atoms with Crippen LogP contribution >= 0.6 is 11.6 Å². The van der Waals surface area contributed by atoms with Gasteiger partial charge in [0.05, 0.1) is 11.1 Å². The predicted molar refractivity (Wildman–Crippen MR) is 83.5 cm³/mol. The van der Waals surface area contributed by atoms with E-state index >= 15 is 0 Å². The largest absolute Gasteiger partial charge is 0.482 e. The average molecular weight is 322 g/mol. The SMILES string of the molecule is CC(C)(C)OC(=O)COc1ccc2nc(Cl)c(C=O)cc2c1. The minimum atomic E-state index is -0.552. The van der Waals surface area contributed by atoms with Crippen molar-refractivity contribution in [2.75, 3.05) is 6.61 Å². The zero-order chi connectivity index (χ0) is 16.3. The lowest BCUT2D eigenvalue weighted by Gasteiger charge is -2.19. The van der Waals surface area contributed by atoms with Gasteiger partial charge in [-0.15, -0.1) is 0 Å². The molecular weight excluding hydrogens is 306 g/mol. The minimum absolute atomic E-state index is 0.157. The van der Waals surface area contributed by atoms with Gasteiger partial charge in [-0.05, 0) is 45.0 Å². The molecule has 0 saturated carbocycles. The molecule has 0 N–H and O–H groups in total. The number of carbonyl (C=O) groups excluding carboxylic acids is 2. The highest BCUT2D eigenvalue weighted by atomic mass is 35.5. The van der Waals surface area contributed by atoms with E-state index in [0.717, 1.165) is 0 Å². The molecule has 0 saturated heterocycles. The molecule has 2 rings (SSSR count). The van der Waals surface area contributed by atoms with Gasteiger partial charge in [0, 0.05) is 5.39 Å². The van der Waals surface area contributed by atoms with Gasteiger partial charge in [0.25, 0.3) is 0 Å². The molecule has 0 fully saturated rings. The van der Waals surface area contributed by atoms with E-state index in [1.165, 1.54) is 0 Å². The van der Waals surface area contributed by atoms with E-state index in [4.69, 9.17) is 21.1 Å². The third-order valence-corrected chi connectivity index (χ3v) is 2.97. The molecule has 0 aliphatic rings. The fraction of sp³-hybridized carbons (Fsp3) is 0.312.